The van der Waals surface area contributed by atoms with Crippen molar-refractivity contribution >= 4 is 27.9 Å². The van der Waals surface area contributed by atoms with Crippen LogP contribution in [0.3, 0.4) is 0 Å². The van der Waals surface area contributed by atoms with Gasteiger partial charge in [0.25, 0.3) is 0 Å². The molecule has 2 nitrogen and oxygen atoms in total. The summed E-state index contributed by atoms with van der Waals surface area (Å²) in [6.07, 6.45) is 1.81. The molecule has 0 aliphatic heterocycles. The molecule has 13 heavy (non-hydrogen) atoms. The van der Waals surface area contributed by atoms with Crippen LogP contribution in [0.1, 0.15) is 0 Å². The van der Waals surface area contributed by atoms with Crippen LogP contribution in [-0.2, 0) is 0 Å². The lowest BCUT2D eigenvalue weighted by atomic mass is 10.2. The second kappa shape index (κ2) is 6.15. The Morgan fingerprint density at radius 3 is 2.31 bits per heavy atom. The first-order chi connectivity index (χ1) is 5.97. The SMILES string of the molecule is Br.C#N.c1ccc2ncccc2c1. The van der Waals surface area contributed by atoms with Gasteiger partial charge in [-0.15, -0.1) is 17.0 Å². The Morgan fingerprint density at radius 1 is 1.00 bits per heavy atom. The molecule has 1 heterocycles. The number of nitriles is 1. The van der Waals surface area contributed by atoms with E-state index < -0.39 is 0 Å². The Bertz CT molecular complexity index is 319. The van der Waals surface area contributed by atoms with E-state index in [4.69, 9.17) is 5.26 Å². The van der Waals surface area contributed by atoms with Crippen LogP contribution in [-0.4, -0.2) is 4.98 Å². The number of para-hydroxylation sites is 1. The van der Waals surface area contributed by atoms with E-state index in [2.05, 4.69) is 23.7 Å². The van der Waals surface area contributed by atoms with Crippen LogP contribution in [0.5, 0.6) is 0 Å². The summed E-state index contributed by atoms with van der Waals surface area (Å²) >= 11 is 0. The van der Waals surface area contributed by atoms with Crippen LogP contribution in [0.4, 0.5) is 0 Å². The maximum absolute atomic E-state index is 6.50. The van der Waals surface area contributed by atoms with Crippen molar-refractivity contribution in [2.45, 2.75) is 0 Å². The quantitative estimate of drug-likeness (QED) is 0.706. The number of fused-ring (bicyclic) bond motifs is 1. The summed E-state index contributed by atoms with van der Waals surface area (Å²) in [7, 11) is 0. The van der Waals surface area contributed by atoms with Crippen molar-refractivity contribution in [1.82, 2.24) is 4.98 Å². The Morgan fingerprint density at radius 2 is 1.62 bits per heavy atom. The highest BCUT2D eigenvalue weighted by atomic mass is 79.9. The Balaban J connectivity index is 0.000000451. The molecule has 66 valence electrons. The average Bonchev–Trinajstić information content (AvgIpc) is 2.21. The van der Waals surface area contributed by atoms with E-state index in [1.54, 1.807) is 0 Å². The number of halogens is 1. The maximum atomic E-state index is 6.50. The highest BCUT2D eigenvalue weighted by molar-refractivity contribution is 8.93. The lowest BCUT2D eigenvalue weighted by molar-refractivity contribution is 1.41. The van der Waals surface area contributed by atoms with Gasteiger partial charge >= 0.3 is 0 Å². The number of aromatic nitrogens is 1. The van der Waals surface area contributed by atoms with Gasteiger partial charge in [0.15, 0.2) is 0 Å². The first kappa shape index (κ1) is 11.6. The predicted octanol–water partition coefficient (Wildman–Crippen LogP) is 2.95. The van der Waals surface area contributed by atoms with Crippen molar-refractivity contribution < 1.29 is 0 Å². The van der Waals surface area contributed by atoms with Crippen LogP contribution in [0.15, 0.2) is 42.6 Å². The number of nitrogens with zero attached hydrogens (tertiary/aromatic N) is 2. The Labute approximate surface area is 87.6 Å². The molecule has 0 unspecified atom stereocenters. The van der Waals surface area contributed by atoms with Gasteiger partial charge < -0.3 is 0 Å². The number of hydrogen-bond donors (Lipinski definition) is 0. The molecule has 3 heteroatoms. The molecule has 0 saturated heterocycles. The zero-order chi connectivity index (χ0) is 8.81. The van der Waals surface area contributed by atoms with E-state index in [0.717, 1.165) is 5.52 Å². The average molecular weight is 237 g/mol. The highest BCUT2D eigenvalue weighted by Crippen LogP contribution is 2.07. The second-order valence-electron chi connectivity index (χ2n) is 2.20. The molecular formula is C10H9BrN2. The molecule has 0 radical (unpaired) electrons. The molecule has 0 bridgehead atoms. The summed E-state index contributed by atoms with van der Waals surface area (Å²) in [6, 6.07) is 12.1. The normalized spacial score (nSPS) is 7.85. The van der Waals surface area contributed by atoms with E-state index in [1.807, 2.05) is 30.5 Å². The molecule has 0 atom stereocenters. The highest BCUT2D eigenvalue weighted by Gasteiger charge is 1.86. The number of pyridine rings is 1. The summed E-state index contributed by atoms with van der Waals surface area (Å²) in [4.78, 5) is 4.18. The lowest BCUT2D eigenvalue weighted by Crippen LogP contribution is -1.73. The summed E-state index contributed by atoms with van der Waals surface area (Å²) < 4.78 is 0. The lowest BCUT2D eigenvalue weighted by Gasteiger charge is -1.91. The molecule has 0 N–H and O–H groups in total. The van der Waals surface area contributed by atoms with Gasteiger partial charge in [0.1, 0.15) is 0 Å². The van der Waals surface area contributed by atoms with Crippen molar-refractivity contribution in [2.24, 2.45) is 0 Å². The minimum absolute atomic E-state index is 0. The van der Waals surface area contributed by atoms with Crippen LogP contribution in [0.25, 0.3) is 10.9 Å². The largest absolute Gasteiger partial charge is 0.256 e. The molecule has 0 spiro atoms. The predicted molar refractivity (Wildman–Crippen MR) is 58.7 cm³/mol. The van der Waals surface area contributed by atoms with E-state index in [-0.39, 0.29) is 17.0 Å². The minimum atomic E-state index is 0. The third-order valence-corrected chi connectivity index (χ3v) is 1.51. The van der Waals surface area contributed by atoms with Gasteiger partial charge in [0.05, 0.1) is 5.52 Å². The molecule has 0 saturated carbocycles. The molecular weight excluding hydrogens is 228 g/mol. The van der Waals surface area contributed by atoms with Gasteiger partial charge in [0, 0.05) is 18.2 Å². The fourth-order valence-corrected chi connectivity index (χ4v) is 1.02. The van der Waals surface area contributed by atoms with Gasteiger partial charge in [0.2, 0.25) is 0 Å². The van der Waals surface area contributed by atoms with Crippen molar-refractivity contribution in [3.8, 4) is 6.57 Å². The van der Waals surface area contributed by atoms with E-state index >= 15 is 0 Å². The van der Waals surface area contributed by atoms with Gasteiger partial charge in [-0.25, -0.2) is 5.26 Å². The Hall–Kier alpha value is -1.40. The standard InChI is InChI=1S/C9H7N.CHN.BrH/c1-2-6-9-8(4-1)5-3-7-10-9;1-2;/h1-7H;1H;1H. The summed E-state index contributed by atoms with van der Waals surface area (Å²) in [5, 5.41) is 7.70. The van der Waals surface area contributed by atoms with E-state index in [1.165, 1.54) is 5.39 Å². The molecule has 2 rings (SSSR count). The fourth-order valence-electron chi connectivity index (χ4n) is 1.02. The van der Waals surface area contributed by atoms with Gasteiger partial charge in [-0.3, -0.25) is 4.98 Å². The number of rotatable bonds is 0. The molecule has 0 aliphatic carbocycles. The zero-order valence-electron chi connectivity index (χ0n) is 6.92. The molecule has 1 aromatic heterocycles. The summed E-state index contributed by atoms with van der Waals surface area (Å²) in [5.41, 5.74) is 1.06. The van der Waals surface area contributed by atoms with E-state index in [9.17, 15) is 0 Å². The number of benzene rings is 1. The van der Waals surface area contributed by atoms with Crippen LogP contribution in [0.2, 0.25) is 0 Å². The Kier molecular flexibility index (Phi) is 5.49. The first-order valence-electron chi connectivity index (χ1n) is 3.52. The third-order valence-electron chi connectivity index (χ3n) is 1.51. The van der Waals surface area contributed by atoms with E-state index in [0.29, 0.717) is 0 Å². The van der Waals surface area contributed by atoms with Crippen molar-refractivity contribution in [2.75, 3.05) is 0 Å². The van der Waals surface area contributed by atoms with Gasteiger partial charge in [-0.2, -0.15) is 0 Å². The van der Waals surface area contributed by atoms with Crippen molar-refractivity contribution in [1.29, 1.82) is 5.26 Å². The minimum Gasteiger partial charge on any atom is -0.256 e. The molecule has 0 aliphatic rings. The summed E-state index contributed by atoms with van der Waals surface area (Å²) in [5.74, 6) is 0. The van der Waals surface area contributed by atoms with Crippen molar-refractivity contribution in [3.63, 3.8) is 0 Å². The smallest absolute Gasteiger partial charge is 0.0701 e. The van der Waals surface area contributed by atoms with Crippen molar-refractivity contribution in [3.05, 3.63) is 42.6 Å². The van der Waals surface area contributed by atoms with Crippen LogP contribution in [0, 0.1) is 11.8 Å². The molecule has 0 fully saturated rings. The van der Waals surface area contributed by atoms with Gasteiger partial charge in [-0.05, 0) is 12.1 Å². The molecule has 2 aromatic rings. The van der Waals surface area contributed by atoms with Crippen LogP contribution < -0.4 is 0 Å². The monoisotopic (exact) mass is 236 g/mol. The maximum Gasteiger partial charge on any atom is 0.0701 e. The topological polar surface area (TPSA) is 36.7 Å². The number of hydrogen-bond acceptors (Lipinski definition) is 2. The first-order valence-corrected chi connectivity index (χ1v) is 3.52. The zero-order valence-corrected chi connectivity index (χ0v) is 8.63. The molecule has 0 amide bonds. The second-order valence-corrected chi connectivity index (χ2v) is 2.20. The van der Waals surface area contributed by atoms with Gasteiger partial charge in [-0.1, -0.05) is 24.3 Å². The van der Waals surface area contributed by atoms with Crippen LogP contribution >= 0.6 is 17.0 Å². The third kappa shape index (κ3) is 2.85. The fraction of sp³-hybridized carbons (Fsp3) is 0. The molecule has 1 aromatic carbocycles. The summed E-state index contributed by atoms with van der Waals surface area (Å²) in [6.45, 7) is 3.50.